The fourth-order valence-electron chi connectivity index (χ4n) is 0.782. The number of phenolic OH excluding ortho intramolecular Hbond substituents is 1. The van der Waals surface area contributed by atoms with Crippen LogP contribution in [0.1, 0.15) is 5.56 Å². The van der Waals surface area contributed by atoms with Gasteiger partial charge in [-0.2, -0.15) is 0 Å². The van der Waals surface area contributed by atoms with E-state index in [1.807, 2.05) is 0 Å². The van der Waals surface area contributed by atoms with Crippen LogP contribution >= 0.6 is 18.2 Å². The molecule has 13 heavy (non-hydrogen) atoms. The summed E-state index contributed by atoms with van der Waals surface area (Å²) in [6.07, 6.45) is 0. The molecule has 2 N–H and O–H groups in total. The maximum Gasteiger partial charge on any atom is 0.421 e. The molecule has 1 unspecified atom stereocenters. The number of phenols is 1. The molecule has 0 aliphatic carbocycles. The molecule has 4 nitrogen and oxygen atoms in total. The highest BCUT2D eigenvalue weighted by atomic mass is 35.7. The van der Waals surface area contributed by atoms with Gasteiger partial charge in [0.15, 0.2) is 0 Å². The summed E-state index contributed by atoms with van der Waals surface area (Å²) in [5.74, 6) is 0.00705. The zero-order chi connectivity index (χ0) is 9.90. The van der Waals surface area contributed by atoms with Crippen molar-refractivity contribution in [1.29, 1.82) is 0 Å². The number of hydrogen-bond acceptors (Lipinski definition) is 3. The van der Waals surface area contributed by atoms with Crippen LogP contribution < -0.4 is 0 Å². The average molecular weight is 223 g/mol. The Labute approximate surface area is 80.1 Å². The van der Waals surface area contributed by atoms with Gasteiger partial charge in [0.25, 0.3) is 0 Å². The first-order valence-corrected chi connectivity index (χ1v) is 5.91. The summed E-state index contributed by atoms with van der Waals surface area (Å²) >= 11 is 4.94. The highest BCUT2D eigenvalue weighted by molar-refractivity contribution is 7.80. The van der Waals surface area contributed by atoms with Crippen molar-refractivity contribution in [2.24, 2.45) is 0 Å². The van der Waals surface area contributed by atoms with Crippen molar-refractivity contribution >= 4 is 18.2 Å². The lowest BCUT2D eigenvalue weighted by atomic mass is 10.2. The van der Waals surface area contributed by atoms with Gasteiger partial charge >= 0.3 is 6.95 Å². The molecule has 0 bridgehead atoms. The largest absolute Gasteiger partial charge is 0.508 e. The van der Waals surface area contributed by atoms with Crippen LogP contribution in [0.4, 0.5) is 0 Å². The molecule has 0 saturated carbocycles. The van der Waals surface area contributed by atoms with Crippen molar-refractivity contribution < 1.29 is 19.1 Å². The van der Waals surface area contributed by atoms with Gasteiger partial charge < -0.3 is 10.00 Å². The molecule has 1 aromatic rings. The van der Waals surface area contributed by atoms with Gasteiger partial charge in [-0.25, -0.2) is 4.57 Å². The third-order valence-corrected chi connectivity index (χ3v) is 2.11. The first kappa shape index (κ1) is 10.5. The van der Waals surface area contributed by atoms with Crippen molar-refractivity contribution in [3.8, 4) is 5.75 Å². The van der Waals surface area contributed by atoms with E-state index in [2.05, 4.69) is 4.52 Å². The minimum atomic E-state index is -3.99. The van der Waals surface area contributed by atoms with Crippen molar-refractivity contribution in [3.05, 3.63) is 29.8 Å². The van der Waals surface area contributed by atoms with Crippen LogP contribution in [0, 0.1) is 0 Å². The normalized spacial score (nSPS) is 15.2. The number of hydrogen-bond donors (Lipinski definition) is 2. The van der Waals surface area contributed by atoms with Crippen LogP contribution in [0.5, 0.6) is 5.75 Å². The lowest BCUT2D eigenvalue weighted by Gasteiger charge is -2.05. The quantitative estimate of drug-likeness (QED) is 0.770. The second kappa shape index (κ2) is 4.11. The number of para-hydroxylation sites is 1. The minimum Gasteiger partial charge on any atom is -0.508 e. The molecule has 0 aliphatic heterocycles. The van der Waals surface area contributed by atoms with Crippen LogP contribution in [0.2, 0.25) is 0 Å². The predicted octanol–water partition coefficient (Wildman–Crippen LogP) is 2.25. The predicted molar refractivity (Wildman–Crippen MR) is 48.6 cm³/mol. The maximum atomic E-state index is 10.5. The molecule has 1 aromatic carbocycles. The summed E-state index contributed by atoms with van der Waals surface area (Å²) in [5, 5.41) is 9.21. The van der Waals surface area contributed by atoms with E-state index in [-0.39, 0.29) is 12.4 Å². The minimum absolute atomic E-state index is 0.00705. The lowest BCUT2D eigenvalue weighted by molar-refractivity contribution is 0.261. The van der Waals surface area contributed by atoms with Gasteiger partial charge in [0.2, 0.25) is 0 Å². The number of benzene rings is 1. The van der Waals surface area contributed by atoms with Gasteiger partial charge in [0.05, 0.1) is 6.61 Å². The molecule has 0 heterocycles. The molecule has 72 valence electrons. The molecule has 1 rings (SSSR count). The highest BCUT2D eigenvalue weighted by Crippen LogP contribution is 2.48. The van der Waals surface area contributed by atoms with E-state index in [1.54, 1.807) is 18.2 Å². The second-order valence-electron chi connectivity index (χ2n) is 2.35. The zero-order valence-corrected chi connectivity index (χ0v) is 8.20. The Hall–Kier alpha value is -0.540. The summed E-state index contributed by atoms with van der Waals surface area (Å²) in [6, 6.07) is 6.34. The lowest BCUT2D eigenvalue weighted by Crippen LogP contribution is -1.88. The SMILES string of the molecule is O=P(O)(Cl)OCc1ccccc1O. The van der Waals surface area contributed by atoms with Crippen molar-refractivity contribution in [2.45, 2.75) is 6.61 Å². The molecule has 0 fully saturated rings. The zero-order valence-electron chi connectivity index (χ0n) is 6.55. The standard InChI is InChI=1S/C7H8ClO4P/c8-13(10,11)12-5-6-3-1-2-4-7(6)9/h1-4,9H,5H2,(H,10,11). The molecule has 0 amide bonds. The van der Waals surface area contributed by atoms with Gasteiger partial charge in [-0.3, -0.25) is 4.52 Å². The number of aromatic hydroxyl groups is 1. The topological polar surface area (TPSA) is 66.8 Å². The Morgan fingerprint density at radius 1 is 1.46 bits per heavy atom. The maximum absolute atomic E-state index is 10.5. The van der Waals surface area contributed by atoms with Crippen LogP contribution in [0.15, 0.2) is 24.3 Å². The molecular weight excluding hydrogens is 214 g/mol. The summed E-state index contributed by atoms with van der Waals surface area (Å²) < 4.78 is 14.9. The van der Waals surface area contributed by atoms with Crippen molar-refractivity contribution in [3.63, 3.8) is 0 Å². The second-order valence-corrected chi connectivity index (χ2v) is 4.80. The molecule has 0 radical (unpaired) electrons. The molecule has 0 spiro atoms. The first-order chi connectivity index (χ1) is 5.99. The highest BCUT2D eigenvalue weighted by Gasteiger charge is 2.14. The van der Waals surface area contributed by atoms with Gasteiger partial charge in [-0.15, -0.1) is 0 Å². The monoisotopic (exact) mass is 222 g/mol. The first-order valence-electron chi connectivity index (χ1n) is 3.43. The Balaban J connectivity index is 2.65. The van der Waals surface area contributed by atoms with Crippen LogP contribution in [-0.4, -0.2) is 10.00 Å². The third kappa shape index (κ3) is 3.79. The smallest absolute Gasteiger partial charge is 0.421 e. The van der Waals surface area contributed by atoms with Gasteiger partial charge in [-0.05, 0) is 6.07 Å². The summed E-state index contributed by atoms with van der Waals surface area (Å²) in [4.78, 5) is 8.59. The van der Waals surface area contributed by atoms with Crippen LogP contribution in [0.25, 0.3) is 0 Å². The number of rotatable bonds is 3. The average Bonchev–Trinajstić information content (AvgIpc) is 2.01. The van der Waals surface area contributed by atoms with Crippen molar-refractivity contribution in [1.82, 2.24) is 0 Å². The Morgan fingerprint density at radius 3 is 2.62 bits per heavy atom. The van der Waals surface area contributed by atoms with E-state index in [4.69, 9.17) is 16.1 Å². The molecule has 6 heteroatoms. The summed E-state index contributed by atoms with van der Waals surface area (Å²) in [6.45, 7) is -4.18. The molecular formula is C7H8ClO4P. The Morgan fingerprint density at radius 2 is 2.08 bits per heavy atom. The van der Waals surface area contributed by atoms with E-state index in [1.165, 1.54) is 6.07 Å². The molecule has 0 aliphatic rings. The van der Waals surface area contributed by atoms with Crippen LogP contribution in [-0.2, 0) is 15.7 Å². The molecule has 1 atom stereocenters. The van der Waals surface area contributed by atoms with E-state index in [9.17, 15) is 9.67 Å². The van der Waals surface area contributed by atoms with Gasteiger partial charge in [0, 0.05) is 16.8 Å². The Kier molecular flexibility index (Phi) is 3.33. The van der Waals surface area contributed by atoms with E-state index in [0.29, 0.717) is 5.56 Å². The fourth-order valence-corrected chi connectivity index (χ4v) is 1.23. The third-order valence-electron chi connectivity index (χ3n) is 1.37. The van der Waals surface area contributed by atoms with Crippen molar-refractivity contribution in [2.75, 3.05) is 0 Å². The van der Waals surface area contributed by atoms with E-state index in [0.717, 1.165) is 0 Å². The molecule has 0 aromatic heterocycles. The fraction of sp³-hybridized carbons (Fsp3) is 0.143. The summed E-state index contributed by atoms with van der Waals surface area (Å²) in [5.41, 5.74) is 0.414. The molecule has 0 saturated heterocycles. The summed E-state index contributed by atoms with van der Waals surface area (Å²) in [7, 11) is 0. The van der Waals surface area contributed by atoms with E-state index >= 15 is 0 Å². The van der Waals surface area contributed by atoms with Gasteiger partial charge in [0.1, 0.15) is 5.75 Å². The van der Waals surface area contributed by atoms with Gasteiger partial charge in [-0.1, -0.05) is 18.2 Å². The van der Waals surface area contributed by atoms with E-state index < -0.39 is 6.95 Å². The Bertz CT molecular complexity index is 335. The van der Waals surface area contributed by atoms with Crippen LogP contribution in [0.3, 0.4) is 0 Å². The number of halogens is 1.